The molecule has 6 heteroatoms. The van der Waals surface area contributed by atoms with Crippen LogP contribution in [0.5, 0.6) is 0 Å². The maximum absolute atomic E-state index is 10.8. The number of nitro benzene ring substituents is 1. The fourth-order valence-electron chi connectivity index (χ4n) is 2.88. The summed E-state index contributed by atoms with van der Waals surface area (Å²) in [6.45, 7) is -0.110. The molecule has 0 atom stereocenters. The molecule has 1 heterocycles. The lowest BCUT2D eigenvalue weighted by Gasteiger charge is -2.26. The molecule has 1 aliphatic rings. The van der Waals surface area contributed by atoms with Crippen LogP contribution in [0, 0.1) is 10.1 Å². The molecule has 0 aromatic heterocycles. The lowest BCUT2D eigenvalue weighted by Crippen LogP contribution is -2.47. The van der Waals surface area contributed by atoms with E-state index >= 15 is 0 Å². The van der Waals surface area contributed by atoms with Gasteiger partial charge >= 0.3 is 6.98 Å². The predicted octanol–water partition coefficient (Wildman–Crippen LogP) is 2.98. The number of benzene rings is 3. The highest BCUT2D eigenvalue weighted by Gasteiger charge is 2.25. The van der Waals surface area contributed by atoms with E-state index in [0.29, 0.717) is 0 Å². The molecule has 106 valence electrons. The van der Waals surface area contributed by atoms with Gasteiger partial charge < -0.3 is 10.5 Å². The van der Waals surface area contributed by atoms with Gasteiger partial charge in [0.1, 0.15) is 0 Å². The molecule has 0 saturated carbocycles. The molecular formula is C16H12BN3O2. The third kappa shape index (κ3) is 1.97. The van der Waals surface area contributed by atoms with Crippen LogP contribution in [-0.2, 0) is 0 Å². The van der Waals surface area contributed by atoms with Crippen LogP contribution in [0.1, 0.15) is 0 Å². The summed E-state index contributed by atoms with van der Waals surface area (Å²) in [5.41, 5.74) is 3.18. The van der Waals surface area contributed by atoms with Crippen molar-refractivity contribution >= 4 is 40.3 Å². The number of non-ortho nitro benzene ring substituents is 1. The normalized spacial score (nSPS) is 12.6. The van der Waals surface area contributed by atoms with Gasteiger partial charge in [-0.3, -0.25) is 10.1 Å². The van der Waals surface area contributed by atoms with E-state index in [9.17, 15) is 10.1 Å². The molecule has 2 N–H and O–H groups in total. The lowest BCUT2D eigenvalue weighted by atomic mass is 9.66. The quantitative estimate of drug-likeness (QED) is 0.432. The summed E-state index contributed by atoms with van der Waals surface area (Å²) < 4.78 is 0. The summed E-state index contributed by atoms with van der Waals surface area (Å²) >= 11 is 0. The average molecular weight is 289 g/mol. The first-order valence-electron chi connectivity index (χ1n) is 7.01. The van der Waals surface area contributed by atoms with E-state index in [-0.39, 0.29) is 17.6 Å². The van der Waals surface area contributed by atoms with E-state index in [0.717, 1.165) is 16.8 Å². The van der Waals surface area contributed by atoms with Gasteiger partial charge in [-0.15, -0.1) is 0 Å². The molecule has 1 aliphatic heterocycles. The minimum atomic E-state index is -0.387. The number of hydrogen-bond acceptors (Lipinski definition) is 4. The van der Waals surface area contributed by atoms with Crippen molar-refractivity contribution in [1.29, 1.82) is 0 Å². The van der Waals surface area contributed by atoms with Gasteiger partial charge in [-0.1, -0.05) is 36.4 Å². The Kier molecular flexibility index (Phi) is 2.75. The third-order valence-corrected chi connectivity index (χ3v) is 3.94. The molecule has 3 aromatic rings. The largest absolute Gasteiger partial charge is 0.406 e. The van der Waals surface area contributed by atoms with Gasteiger partial charge in [0.2, 0.25) is 0 Å². The highest BCUT2D eigenvalue weighted by molar-refractivity contribution is 6.80. The van der Waals surface area contributed by atoms with Crippen LogP contribution in [-0.4, -0.2) is 11.9 Å². The Morgan fingerprint density at radius 3 is 2.00 bits per heavy atom. The molecule has 0 unspecified atom stereocenters. The van der Waals surface area contributed by atoms with Crippen LogP contribution in [0.3, 0.4) is 0 Å². The Labute approximate surface area is 127 Å². The van der Waals surface area contributed by atoms with E-state index in [2.05, 4.69) is 22.6 Å². The second-order valence-corrected chi connectivity index (χ2v) is 5.28. The summed E-state index contributed by atoms with van der Waals surface area (Å²) in [5, 5.41) is 20.0. The van der Waals surface area contributed by atoms with Crippen LogP contribution in [0.4, 0.5) is 17.1 Å². The van der Waals surface area contributed by atoms with Gasteiger partial charge in [-0.2, -0.15) is 0 Å². The van der Waals surface area contributed by atoms with Crippen molar-refractivity contribution in [2.24, 2.45) is 0 Å². The van der Waals surface area contributed by atoms with E-state index in [1.807, 2.05) is 24.3 Å². The first kappa shape index (κ1) is 12.7. The molecular weight excluding hydrogens is 277 g/mol. The molecule has 22 heavy (non-hydrogen) atoms. The van der Waals surface area contributed by atoms with E-state index in [1.54, 1.807) is 12.1 Å². The number of hydrogen-bond donors (Lipinski definition) is 2. The summed E-state index contributed by atoms with van der Waals surface area (Å²) in [4.78, 5) is 10.4. The molecule has 0 amide bonds. The van der Waals surface area contributed by atoms with Crippen molar-refractivity contribution in [1.82, 2.24) is 0 Å². The highest BCUT2D eigenvalue weighted by atomic mass is 16.6. The zero-order chi connectivity index (χ0) is 15.1. The smallest absolute Gasteiger partial charge is 0.405 e. The minimum Gasteiger partial charge on any atom is -0.405 e. The van der Waals surface area contributed by atoms with Gasteiger partial charge in [0.25, 0.3) is 5.69 Å². The summed E-state index contributed by atoms with van der Waals surface area (Å²) in [6.07, 6.45) is 0. The molecule has 3 aromatic carbocycles. The van der Waals surface area contributed by atoms with Crippen LogP contribution in [0.2, 0.25) is 0 Å². The molecule has 4 rings (SSSR count). The molecule has 0 spiro atoms. The monoisotopic (exact) mass is 289 g/mol. The van der Waals surface area contributed by atoms with Crippen molar-refractivity contribution in [3.8, 4) is 0 Å². The summed E-state index contributed by atoms with van der Waals surface area (Å²) in [7, 11) is 0. The van der Waals surface area contributed by atoms with Gasteiger partial charge in [-0.25, -0.2) is 0 Å². The van der Waals surface area contributed by atoms with Gasteiger partial charge in [0, 0.05) is 28.9 Å². The molecule has 0 saturated heterocycles. The van der Waals surface area contributed by atoms with Gasteiger partial charge in [-0.05, 0) is 23.0 Å². The Morgan fingerprint density at radius 1 is 0.864 bits per heavy atom. The second-order valence-electron chi connectivity index (χ2n) is 5.28. The highest BCUT2D eigenvalue weighted by Crippen LogP contribution is 2.33. The van der Waals surface area contributed by atoms with Gasteiger partial charge in [0.15, 0.2) is 0 Å². The third-order valence-electron chi connectivity index (χ3n) is 3.94. The molecule has 0 radical (unpaired) electrons. The number of anilines is 2. The Hall–Kier alpha value is -3.02. The van der Waals surface area contributed by atoms with Crippen molar-refractivity contribution < 1.29 is 4.92 Å². The first-order valence-corrected chi connectivity index (χ1v) is 7.01. The Balaban J connectivity index is 1.73. The maximum Gasteiger partial charge on any atom is 0.406 e. The van der Waals surface area contributed by atoms with Crippen LogP contribution in [0.25, 0.3) is 10.8 Å². The Morgan fingerprint density at radius 2 is 1.45 bits per heavy atom. The Bertz CT molecular complexity index is 839. The minimum absolute atomic E-state index is 0.0991. The number of nitrogens with one attached hydrogen (secondary N) is 2. The maximum atomic E-state index is 10.8. The van der Waals surface area contributed by atoms with Crippen molar-refractivity contribution in [2.75, 3.05) is 10.5 Å². The lowest BCUT2D eigenvalue weighted by molar-refractivity contribution is -0.384. The fourth-order valence-corrected chi connectivity index (χ4v) is 2.88. The van der Waals surface area contributed by atoms with Crippen LogP contribution in [0.15, 0.2) is 60.7 Å². The van der Waals surface area contributed by atoms with E-state index in [4.69, 9.17) is 0 Å². The van der Waals surface area contributed by atoms with Crippen LogP contribution >= 0.6 is 0 Å². The zero-order valence-electron chi connectivity index (χ0n) is 11.6. The molecule has 0 aliphatic carbocycles. The van der Waals surface area contributed by atoms with E-state index in [1.165, 1.54) is 22.9 Å². The standard InChI is InChI=1S/C16H12BN3O2/c21-20(22)13-9-7-12(8-10-13)17-18-14-5-1-3-11-4-2-6-15(19-17)16(11)14/h1-10,18-19H. The molecule has 0 bridgehead atoms. The van der Waals surface area contributed by atoms with Crippen molar-refractivity contribution in [3.05, 3.63) is 70.8 Å². The van der Waals surface area contributed by atoms with Crippen LogP contribution < -0.4 is 15.9 Å². The zero-order valence-corrected chi connectivity index (χ0v) is 11.6. The summed E-state index contributed by atoms with van der Waals surface area (Å²) in [5.74, 6) is 0. The molecule has 0 fully saturated rings. The number of rotatable bonds is 2. The number of nitrogens with zero attached hydrogens (tertiary/aromatic N) is 1. The topological polar surface area (TPSA) is 67.2 Å². The average Bonchev–Trinajstić information content (AvgIpc) is 2.55. The fraction of sp³-hybridized carbons (Fsp3) is 0. The van der Waals surface area contributed by atoms with Gasteiger partial charge in [0.05, 0.1) is 4.92 Å². The SMILES string of the molecule is O=[N+]([O-])c1ccc(B2Nc3cccc4cccc(c34)N2)cc1. The van der Waals surface area contributed by atoms with Crippen molar-refractivity contribution in [3.63, 3.8) is 0 Å². The predicted molar refractivity (Wildman–Crippen MR) is 89.7 cm³/mol. The van der Waals surface area contributed by atoms with Crippen molar-refractivity contribution in [2.45, 2.75) is 0 Å². The second kappa shape index (κ2) is 4.77. The van der Waals surface area contributed by atoms with E-state index < -0.39 is 0 Å². The number of nitro groups is 1. The molecule has 5 nitrogen and oxygen atoms in total. The first-order chi connectivity index (χ1) is 10.7. The summed E-state index contributed by atoms with van der Waals surface area (Å²) in [6, 6.07) is 18.9.